The molecule has 1 heterocycles. The summed E-state index contributed by atoms with van der Waals surface area (Å²) in [6, 6.07) is 4.29. The van der Waals surface area contributed by atoms with Crippen LogP contribution in [-0.2, 0) is 6.54 Å². The van der Waals surface area contributed by atoms with E-state index in [-0.39, 0.29) is 0 Å². The quantitative estimate of drug-likeness (QED) is 0.589. The van der Waals surface area contributed by atoms with E-state index in [1.807, 2.05) is 0 Å². The molecule has 0 N–H and O–H groups in total. The molecule has 0 radical (unpaired) electrons. The van der Waals surface area contributed by atoms with Gasteiger partial charge in [-0.1, -0.05) is 26.2 Å². The number of hydrogen-bond acceptors (Lipinski definition) is 0. The number of rotatable bonds is 5. The smallest absolute Gasteiger partial charge is 0.0222 e. The number of hydrogen-bond donors (Lipinski definition) is 0. The molecular weight excluding hydrogens is 146 g/mol. The molecule has 1 heteroatoms. The van der Waals surface area contributed by atoms with Crippen molar-refractivity contribution in [3.63, 3.8) is 0 Å². The molecule has 1 aromatic heterocycles. The van der Waals surface area contributed by atoms with Crippen molar-refractivity contribution in [3.8, 4) is 0 Å². The van der Waals surface area contributed by atoms with Crippen LogP contribution in [0.15, 0.2) is 18.3 Å². The zero-order chi connectivity index (χ0) is 8.81. The van der Waals surface area contributed by atoms with Crippen LogP contribution in [0.2, 0.25) is 0 Å². The largest absolute Gasteiger partial charge is 0.352 e. The lowest BCUT2D eigenvalue weighted by molar-refractivity contribution is 0.576. The monoisotopic (exact) mass is 165 g/mol. The van der Waals surface area contributed by atoms with Crippen molar-refractivity contribution in [2.24, 2.45) is 0 Å². The normalized spacial score (nSPS) is 10.5. The van der Waals surface area contributed by atoms with Gasteiger partial charge in [-0.05, 0) is 25.5 Å². The fourth-order valence-corrected chi connectivity index (χ4v) is 1.46. The second kappa shape index (κ2) is 5.02. The van der Waals surface area contributed by atoms with Crippen molar-refractivity contribution in [1.29, 1.82) is 0 Å². The third-order valence-corrected chi connectivity index (χ3v) is 2.31. The van der Waals surface area contributed by atoms with Crippen LogP contribution >= 0.6 is 0 Å². The molecule has 1 aromatic rings. The first-order valence-corrected chi connectivity index (χ1v) is 4.96. The van der Waals surface area contributed by atoms with Crippen molar-refractivity contribution < 1.29 is 0 Å². The van der Waals surface area contributed by atoms with Gasteiger partial charge in [0, 0.05) is 18.4 Å². The molecule has 0 atom stereocenters. The topological polar surface area (TPSA) is 4.93 Å². The molecule has 0 bridgehead atoms. The van der Waals surface area contributed by atoms with Gasteiger partial charge in [0.2, 0.25) is 0 Å². The number of nitrogens with zero attached hydrogens (tertiary/aromatic N) is 1. The summed E-state index contributed by atoms with van der Waals surface area (Å²) in [5.74, 6) is 0. The highest BCUT2D eigenvalue weighted by Gasteiger charge is 1.93. The Hall–Kier alpha value is -0.720. The molecule has 0 unspecified atom stereocenters. The number of aryl methyl sites for hydroxylation is 2. The Morgan fingerprint density at radius 2 is 2.08 bits per heavy atom. The molecular formula is C11H19N. The van der Waals surface area contributed by atoms with Crippen molar-refractivity contribution in [2.75, 3.05) is 0 Å². The molecule has 12 heavy (non-hydrogen) atoms. The fraction of sp³-hybridized carbons (Fsp3) is 0.636. The number of unbranched alkanes of at least 4 members (excludes halogenated alkanes) is 3. The van der Waals surface area contributed by atoms with Gasteiger partial charge in [-0.2, -0.15) is 0 Å². The Morgan fingerprint density at radius 1 is 1.25 bits per heavy atom. The summed E-state index contributed by atoms with van der Waals surface area (Å²) < 4.78 is 2.33. The van der Waals surface area contributed by atoms with E-state index in [1.165, 1.54) is 37.9 Å². The second-order valence-corrected chi connectivity index (χ2v) is 3.40. The first kappa shape index (κ1) is 9.37. The minimum Gasteiger partial charge on any atom is -0.352 e. The van der Waals surface area contributed by atoms with Crippen LogP contribution in [0.25, 0.3) is 0 Å². The minimum absolute atomic E-state index is 1.19. The first-order chi connectivity index (χ1) is 5.84. The molecule has 0 aliphatic rings. The molecule has 68 valence electrons. The molecule has 0 aliphatic carbocycles. The molecule has 0 aliphatic heterocycles. The van der Waals surface area contributed by atoms with Crippen molar-refractivity contribution in [1.82, 2.24) is 4.57 Å². The lowest BCUT2D eigenvalue weighted by atomic mass is 10.2. The van der Waals surface area contributed by atoms with Crippen LogP contribution in [0.1, 0.15) is 38.3 Å². The SMILES string of the molecule is CCCCCCn1cccc1C. The van der Waals surface area contributed by atoms with Crippen molar-refractivity contribution in [3.05, 3.63) is 24.0 Å². The molecule has 1 rings (SSSR count). The van der Waals surface area contributed by atoms with Gasteiger partial charge >= 0.3 is 0 Å². The molecule has 0 fully saturated rings. The molecule has 0 saturated carbocycles. The van der Waals surface area contributed by atoms with E-state index < -0.39 is 0 Å². The number of aromatic nitrogens is 1. The van der Waals surface area contributed by atoms with Crippen LogP contribution in [0.4, 0.5) is 0 Å². The van der Waals surface area contributed by atoms with Gasteiger partial charge in [0.1, 0.15) is 0 Å². The van der Waals surface area contributed by atoms with E-state index in [4.69, 9.17) is 0 Å². The lowest BCUT2D eigenvalue weighted by Gasteiger charge is -2.04. The maximum Gasteiger partial charge on any atom is 0.0222 e. The zero-order valence-corrected chi connectivity index (χ0v) is 8.21. The Labute approximate surface area is 75.4 Å². The van der Waals surface area contributed by atoms with Crippen LogP contribution in [0.5, 0.6) is 0 Å². The summed E-state index contributed by atoms with van der Waals surface area (Å²) in [6.45, 7) is 5.61. The van der Waals surface area contributed by atoms with E-state index in [1.54, 1.807) is 0 Å². The highest BCUT2D eigenvalue weighted by molar-refractivity contribution is 5.03. The van der Waals surface area contributed by atoms with E-state index in [9.17, 15) is 0 Å². The van der Waals surface area contributed by atoms with Gasteiger partial charge in [-0.25, -0.2) is 0 Å². The Bertz CT molecular complexity index is 213. The Kier molecular flexibility index (Phi) is 3.92. The first-order valence-electron chi connectivity index (χ1n) is 4.96. The van der Waals surface area contributed by atoms with Crippen molar-refractivity contribution >= 4 is 0 Å². The van der Waals surface area contributed by atoms with Gasteiger partial charge in [-0.15, -0.1) is 0 Å². The van der Waals surface area contributed by atoms with Crippen LogP contribution in [0.3, 0.4) is 0 Å². The van der Waals surface area contributed by atoms with Crippen LogP contribution in [0, 0.1) is 6.92 Å². The standard InChI is InChI=1S/C11H19N/c1-3-4-5-6-9-12-10-7-8-11(12)2/h7-8,10H,3-6,9H2,1-2H3. The van der Waals surface area contributed by atoms with Crippen LogP contribution in [-0.4, -0.2) is 4.57 Å². The highest BCUT2D eigenvalue weighted by Crippen LogP contribution is 2.05. The molecule has 0 saturated heterocycles. The zero-order valence-electron chi connectivity index (χ0n) is 8.21. The van der Waals surface area contributed by atoms with Gasteiger partial charge in [0.15, 0.2) is 0 Å². The third-order valence-electron chi connectivity index (χ3n) is 2.31. The average Bonchev–Trinajstić information content (AvgIpc) is 2.46. The van der Waals surface area contributed by atoms with E-state index in [0.717, 1.165) is 0 Å². The summed E-state index contributed by atoms with van der Waals surface area (Å²) >= 11 is 0. The van der Waals surface area contributed by atoms with Crippen LogP contribution < -0.4 is 0 Å². The van der Waals surface area contributed by atoms with Gasteiger partial charge in [0.25, 0.3) is 0 Å². The summed E-state index contributed by atoms with van der Waals surface area (Å²) in [5.41, 5.74) is 1.38. The molecule has 0 spiro atoms. The predicted molar refractivity (Wildman–Crippen MR) is 53.3 cm³/mol. The van der Waals surface area contributed by atoms with E-state index >= 15 is 0 Å². The average molecular weight is 165 g/mol. The summed E-state index contributed by atoms with van der Waals surface area (Å²) in [5, 5.41) is 0. The third kappa shape index (κ3) is 2.72. The van der Waals surface area contributed by atoms with E-state index in [2.05, 4.69) is 36.7 Å². The van der Waals surface area contributed by atoms with Crippen molar-refractivity contribution in [2.45, 2.75) is 46.1 Å². The van der Waals surface area contributed by atoms with Gasteiger partial charge in [0.05, 0.1) is 0 Å². The Morgan fingerprint density at radius 3 is 2.67 bits per heavy atom. The second-order valence-electron chi connectivity index (χ2n) is 3.40. The van der Waals surface area contributed by atoms with Gasteiger partial charge in [-0.3, -0.25) is 0 Å². The minimum atomic E-state index is 1.19. The maximum absolute atomic E-state index is 2.33. The summed E-state index contributed by atoms with van der Waals surface area (Å²) in [6.07, 6.45) is 7.56. The van der Waals surface area contributed by atoms with E-state index in [0.29, 0.717) is 0 Å². The molecule has 0 amide bonds. The van der Waals surface area contributed by atoms with Gasteiger partial charge < -0.3 is 4.57 Å². The maximum atomic E-state index is 2.33. The molecule has 0 aromatic carbocycles. The fourth-order valence-electron chi connectivity index (χ4n) is 1.46. The summed E-state index contributed by atoms with van der Waals surface area (Å²) in [4.78, 5) is 0. The Balaban J connectivity index is 2.20. The summed E-state index contributed by atoms with van der Waals surface area (Å²) in [7, 11) is 0. The molecule has 1 nitrogen and oxygen atoms in total. The highest BCUT2D eigenvalue weighted by atomic mass is 14.9. The lowest BCUT2D eigenvalue weighted by Crippen LogP contribution is -1.97. The predicted octanol–water partition coefficient (Wildman–Crippen LogP) is 3.38.